The number of esters is 1. The number of rotatable bonds is 7. The number of ether oxygens (including phenoxy) is 2. The average Bonchev–Trinajstić information content (AvgIpc) is 2.60. The molecule has 0 N–H and O–H groups in total. The molecule has 3 nitrogen and oxygen atoms in total. The van der Waals surface area contributed by atoms with Crippen LogP contribution in [0.4, 0.5) is 0 Å². The summed E-state index contributed by atoms with van der Waals surface area (Å²) < 4.78 is 11.4. The third kappa shape index (κ3) is 6.24. The van der Waals surface area contributed by atoms with E-state index in [0.29, 0.717) is 10.8 Å². The summed E-state index contributed by atoms with van der Waals surface area (Å²) >= 11 is 17.5. The van der Waals surface area contributed by atoms with Crippen LogP contribution in [-0.4, -0.2) is 11.6 Å². The highest BCUT2D eigenvalue weighted by Crippen LogP contribution is 2.30. The molecule has 0 aliphatic heterocycles. The lowest BCUT2D eigenvalue weighted by molar-refractivity contribution is -0.153. The van der Waals surface area contributed by atoms with Crippen molar-refractivity contribution in [2.45, 2.75) is 26.1 Å². The standard InChI is InChI=1S/C20H19Cl3O3/c1-20(2,26-16-10-8-15(21)9-11-16)17(12-18(22)23)19(24)25-13-14-6-4-3-5-7-14/h3-12,17H,13H2,1-2H3. The van der Waals surface area contributed by atoms with Gasteiger partial charge in [0.2, 0.25) is 0 Å². The smallest absolute Gasteiger partial charge is 0.317 e. The molecule has 0 aromatic heterocycles. The minimum Gasteiger partial charge on any atom is -0.487 e. The van der Waals surface area contributed by atoms with Crippen molar-refractivity contribution < 1.29 is 14.3 Å². The van der Waals surface area contributed by atoms with Crippen LogP contribution in [0.3, 0.4) is 0 Å². The largest absolute Gasteiger partial charge is 0.487 e. The Bertz CT molecular complexity index is 752. The topological polar surface area (TPSA) is 35.5 Å². The van der Waals surface area contributed by atoms with Crippen LogP contribution in [-0.2, 0) is 16.1 Å². The highest BCUT2D eigenvalue weighted by molar-refractivity contribution is 6.55. The minimum absolute atomic E-state index is 0.0283. The van der Waals surface area contributed by atoms with Gasteiger partial charge in [-0.1, -0.05) is 65.1 Å². The number of carbonyl (C=O) groups excluding carboxylic acids is 1. The summed E-state index contributed by atoms with van der Waals surface area (Å²) in [6.07, 6.45) is 1.42. The van der Waals surface area contributed by atoms with E-state index in [1.165, 1.54) is 6.08 Å². The predicted octanol–water partition coefficient (Wildman–Crippen LogP) is 6.18. The second kappa shape index (κ2) is 9.31. The molecule has 138 valence electrons. The molecular weight excluding hydrogens is 395 g/mol. The van der Waals surface area contributed by atoms with Gasteiger partial charge in [-0.25, -0.2) is 0 Å². The lowest BCUT2D eigenvalue weighted by atomic mass is 9.90. The molecule has 2 aromatic carbocycles. The summed E-state index contributed by atoms with van der Waals surface area (Å²) in [4.78, 5) is 12.7. The Kier molecular flexibility index (Phi) is 7.39. The maximum atomic E-state index is 12.7. The van der Waals surface area contributed by atoms with Crippen LogP contribution in [0.5, 0.6) is 5.75 Å². The van der Waals surface area contributed by atoms with Gasteiger partial charge in [-0.2, -0.15) is 0 Å². The molecule has 0 radical (unpaired) electrons. The van der Waals surface area contributed by atoms with E-state index in [1.54, 1.807) is 38.1 Å². The van der Waals surface area contributed by atoms with Crippen LogP contribution < -0.4 is 4.74 Å². The van der Waals surface area contributed by atoms with Crippen LogP contribution in [0.25, 0.3) is 0 Å². The van der Waals surface area contributed by atoms with Gasteiger partial charge in [0.1, 0.15) is 28.4 Å². The Morgan fingerprint density at radius 3 is 2.27 bits per heavy atom. The molecule has 6 heteroatoms. The molecule has 0 bridgehead atoms. The van der Waals surface area contributed by atoms with Crippen molar-refractivity contribution >= 4 is 40.8 Å². The van der Waals surface area contributed by atoms with Gasteiger partial charge >= 0.3 is 5.97 Å². The molecule has 0 heterocycles. The second-order valence-electron chi connectivity index (χ2n) is 6.19. The van der Waals surface area contributed by atoms with Crippen molar-refractivity contribution in [1.29, 1.82) is 0 Å². The van der Waals surface area contributed by atoms with Crippen LogP contribution in [0.15, 0.2) is 65.2 Å². The van der Waals surface area contributed by atoms with E-state index in [1.807, 2.05) is 30.3 Å². The number of carbonyl (C=O) groups is 1. The maximum Gasteiger partial charge on any atom is 0.317 e. The summed E-state index contributed by atoms with van der Waals surface area (Å²) in [5.74, 6) is -0.710. The number of halogens is 3. The maximum absolute atomic E-state index is 12.7. The van der Waals surface area contributed by atoms with E-state index in [0.717, 1.165) is 5.56 Å². The molecule has 2 aromatic rings. The van der Waals surface area contributed by atoms with Crippen molar-refractivity contribution in [2.75, 3.05) is 0 Å². The molecule has 0 saturated carbocycles. The molecule has 0 amide bonds. The zero-order valence-corrected chi connectivity index (χ0v) is 16.7. The number of benzene rings is 2. The Morgan fingerprint density at radius 2 is 1.69 bits per heavy atom. The summed E-state index contributed by atoms with van der Waals surface area (Å²) in [6, 6.07) is 16.3. The third-order valence-corrected chi connectivity index (χ3v) is 4.22. The lowest BCUT2D eigenvalue weighted by Crippen LogP contribution is -2.42. The van der Waals surface area contributed by atoms with Gasteiger partial charge in [-0.15, -0.1) is 0 Å². The number of hydrogen-bond donors (Lipinski definition) is 0. The Hall–Kier alpha value is -1.68. The van der Waals surface area contributed by atoms with Crippen molar-refractivity contribution in [1.82, 2.24) is 0 Å². The summed E-state index contributed by atoms with van der Waals surface area (Å²) in [5, 5.41) is 0.595. The van der Waals surface area contributed by atoms with Gasteiger partial charge < -0.3 is 9.47 Å². The molecule has 0 fully saturated rings. The second-order valence-corrected chi connectivity index (χ2v) is 7.63. The SMILES string of the molecule is CC(C)(Oc1ccc(Cl)cc1)C(C=C(Cl)Cl)C(=O)OCc1ccccc1. The van der Waals surface area contributed by atoms with Gasteiger partial charge in [0.05, 0.1) is 0 Å². The van der Waals surface area contributed by atoms with Gasteiger partial charge in [0.25, 0.3) is 0 Å². The molecule has 1 unspecified atom stereocenters. The zero-order valence-electron chi connectivity index (χ0n) is 14.4. The number of hydrogen-bond acceptors (Lipinski definition) is 3. The van der Waals surface area contributed by atoms with Crippen LogP contribution >= 0.6 is 34.8 Å². The van der Waals surface area contributed by atoms with Crippen LogP contribution in [0, 0.1) is 5.92 Å². The van der Waals surface area contributed by atoms with E-state index >= 15 is 0 Å². The summed E-state index contributed by atoms with van der Waals surface area (Å²) in [7, 11) is 0. The summed E-state index contributed by atoms with van der Waals surface area (Å²) in [5.41, 5.74) is -0.0617. The van der Waals surface area contributed by atoms with Crippen LogP contribution in [0.1, 0.15) is 19.4 Å². The van der Waals surface area contributed by atoms with E-state index < -0.39 is 17.5 Å². The zero-order chi connectivity index (χ0) is 19.2. The highest BCUT2D eigenvalue weighted by atomic mass is 35.5. The first-order chi connectivity index (χ1) is 12.3. The van der Waals surface area contributed by atoms with Crippen molar-refractivity contribution in [3.63, 3.8) is 0 Å². The van der Waals surface area contributed by atoms with Crippen molar-refractivity contribution in [3.8, 4) is 5.75 Å². The highest BCUT2D eigenvalue weighted by Gasteiger charge is 2.37. The lowest BCUT2D eigenvalue weighted by Gasteiger charge is -2.32. The van der Waals surface area contributed by atoms with Gasteiger partial charge in [-0.05, 0) is 49.8 Å². The van der Waals surface area contributed by atoms with E-state index in [2.05, 4.69) is 0 Å². The normalized spacial score (nSPS) is 12.2. The van der Waals surface area contributed by atoms with Gasteiger partial charge in [0, 0.05) is 5.02 Å². The van der Waals surface area contributed by atoms with E-state index in [4.69, 9.17) is 44.3 Å². The molecule has 0 aliphatic carbocycles. The third-order valence-electron chi connectivity index (χ3n) is 3.71. The first kappa shape index (κ1) is 20.6. The molecule has 26 heavy (non-hydrogen) atoms. The minimum atomic E-state index is -0.948. The Morgan fingerprint density at radius 1 is 1.08 bits per heavy atom. The molecule has 1 atom stereocenters. The quantitative estimate of drug-likeness (QED) is 0.509. The van der Waals surface area contributed by atoms with Crippen molar-refractivity contribution in [2.24, 2.45) is 5.92 Å². The fraction of sp³-hybridized carbons (Fsp3) is 0.250. The molecular formula is C20H19Cl3O3. The molecule has 2 rings (SSSR count). The van der Waals surface area contributed by atoms with Gasteiger partial charge in [0.15, 0.2) is 0 Å². The fourth-order valence-electron chi connectivity index (χ4n) is 2.37. The Labute approximate surface area is 168 Å². The summed E-state index contributed by atoms with van der Waals surface area (Å²) in [6.45, 7) is 3.69. The average molecular weight is 414 g/mol. The monoisotopic (exact) mass is 412 g/mol. The van der Waals surface area contributed by atoms with Crippen LogP contribution in [0.2, 0.25) is 5.02 Å². The Balaban J connectivity index is 2.14. The fourth-order valence-corrected chi connectivity index (χ4v) is 2.74. The van der Waals surface area contributed by atoms with E-state index in [-0.39, 0.29) is 11.1 Å². The molecule has 0 spiro atoms. The molecule has 0 saturated heterocycles. The predicted molar refractivity (Wildman–Crippen MR) is 106 cm³/mol. The van der Waals surface area contributed by atoms with Gasteiger partial charge in [-0.3, -0.25) is 4.79 Å². The molecule has 0 aliphatic rings. The van der Waals surface area contributed by atoms with Crippen molar-refractivity contribution in [3.05, 3.63) is 75.8 Å². The first-order valence-corrected chi connectivity index (χ1v) is 9.09. The van der Waals surface area contributed by atoms with E-state index in [9.17, 15) is 4.79 Å². The first-order valence-electron chi connectivity index (χ1n) is 7.96.